The molecule has 12 nitrogen and oxygen atoms in total. The molecule has 1 aromatic heterocycles. The van der Waals surface area contributed by atoms with Gasteiger partial charge in [0.1, 0.15) is 5.82 Å². The van der Waals surface area contributed by atoms with Crippen LogP contribution in [0.5, 0.6) is 0 Å². The van der Waals surface area contributed by atoms with Crippen LogP contribution in [0.15, 0.2) is 77.0 Å². The van der Waals surface area contributed by atoms with E-state index < -0.39 is 23.0 Å². The van der Waals surface area contributed by atoms with Crippen molar-refractivity contribution in [3.05, 3.63) is 94.2 Å². The van der Waals surface area contributed by atoms with Gasteiger partial charge in [0.15, 0.2) is 17.3 Å². The number of fused-ring (bicyclic) bond motifs is 1. The van der Waals surface area contributed by atoms with Crippen molar-refractivity contribution in [2.45, 2.75) is 102 Å². The lowest BCUT2D eigenvalue weighted by atomic mass is 9.68. The van der Waals surface area contributed by atoms with E-state index >= 15 is 0 Å². The van der Waals surface area contributed by atoms with E-state index in [2.05, 4.69) is 63.3 Å². The third-order valence-electron chi connectivity index (χ3n) is 13.1. The lowest BCUT2D eigenvalue weighted by Gasteiger charge is -2.40. The smallest absolute Gasteiger partial charge is 0.350 e. The molecule has 58 heavy (non-hydrogen) atoms. The van der Waals surface area contributed by atoms with Crippen LogP contribution in [-0.4, -0.2) is 79.6 Å². The fraction of sp³-hybridized carbons (Fsp3) is 0.543. The lowest BCUT2D eigenvalue weighted by Crippen LogP contribution is -2.51. The van der Waals surface area contributed by atoms with E-state index in [1.165, 1.54) is 5.57 Å². The summed E-state index contributed by atoms with van der Waals surface area (Å²) in [4.78, 5) is 53.0. The van der Waals surface area contributed by atoms with Gasteiger partial charge in [-0.1, -0.05) is 81.2 Å². The molecule has 7 rings (SSSR count). The van der Waals surface area contributed by atoms with Crippen LogP contribution in [0.3, 0.4) is 0 Å². The molecule has 1 fully saturated rings. The lowest BCUT2D eigenvalue weighted by molar-refractivity contribution is -0.150. The van der Waals surface area contributed by atoms with E-state index in [0.717, 1.165) is 61.8 Å². The summed E-state index contributed by atoms with van der Waals surface area (Å²) >= 11 is 0. The van der Waals surface area contributed by atoms with Crippen LogP contribution in [0.2, 0.25) is 0 Å². The van der Waals surface area contributed by atoms with E-state index in [0.29, 0.717) is 48.3 Å². The number of carbonyl (C=O) groups is 3. The van der Waals surface area contributed by atoms with Crippen LogP contribution in [0.25, 0.3) is 0 Å². The number of hydrogen-bond donors (Lipinski definition) is 5. The Labute approximate surface area is 343 Å². The maximum atomic E-state index is 15.0. The van der Waals surface area contributed by atoms with Crippen molar-refractivity contribution in [2.75, 3.05) is 39.2 Å². The summed E-state index contributed by atoms with van der Waals surface area (Å²) in [6.45, 7) is 7.70. The number of ether oxygens (including phenoxy) is 2. The van der Waals surface area contributed by atoms with E-state index in [9.17, 15) is 14.4 Å². The van der Waals surface area contributed by atoms with Crippen LogP contribution in [0, 0.1) is 23.7 Å². The number of cyclic esters (lactones) is 1. The van der Waals surface area contributed by atoms with Gasteiger partial charge in [-0.15, -0.1) is 0 Å². The maximum absolute atomic E-state index is 15.0. The van der Waals surface area contributed by atoms with Gasteiger partial charge in [0.05, 0.1) is 19.3 Å². The van der Waals surface area contributed by atoms with E-state index in [1.54, 1.807) is 19.3 Å². The summed E-state index contributed by atoms with van der Waals surface area (Å²) in [6.07, 6.45) is 18.1. The molecule has 310 valence electrons. The first kappa shape index (κ1) is 41.5. The first-order chi connectivity index (χ1) is 28.0. The van der Waals surface area contributed by atoms with Crippen molar-refractivity contribution in [1.82, 2.24) is 20.9 Å². The molecular formula is C46H61N7O5. The molecule has 8 unspecified atom stereocenters. The molecule has 1 saturated heterocycles. The number of ketones is 2. The topological polar surface area (TPSA) is 172 Å². The van der Waals surface area contributed by atoms with Gasteiger partial charge in [-0.25, -0.2) is 9.78 Å². The van der Waals surface area contributed by atoms with Crippen LogP contribution in [0.1, 0.15) is 110 Å². The molecule has 8 atom stereocenters. The molecule has 1 aromatic carbocycles. The molecule has 2 aliphatic heterocycles. The van der Waals surface area contributed by atoms with Gasteiger partial charge < -0.3 is 36.5 Å². The molecule has 1 spiro atoms. The molecule has 5 aliphatic rings. The van der Waals surface area contributed by atoms with E-state index in [1.807, 2.05) is 44.3 Å². The van der Waals surface area contributed by atoms with Crippen LogP contribution in [0.4, 0.5) is 5.82 Å². The summed E-state index contributed by atoms with van der Waals surface area (Å²) in [6, 6.07) is 9.08. The highest BCUT2D eigenvalue weighted by Gasteiger charge is 2.85. The molecule has 3 aliphatic carbocycles. The minimum atomic E-state index is -2.06. The van der Waals surface area contributed by atoms with E-state index in [4.69, 9.17) is 15.2 Å². The SMILES string of the molecule is CCNC1C=C2C=CCC3CCCCC(C)Cc4cccc5c4C(=O)C4(OC4(CC=C(C)CC(NC(N)=NC)c4ccnc(NCNC)c4)C5=O)C(=O)OCC1CC23. The number of epoxide rings is 1. The van der Waals surface area contributed by atoms with Crippen LogP contribution in [-0.2, 0) is 20.7 Å². The summed E-state index contributed by atoms with van der Waals surface area (Å²) in [5.74, 6) is 0.616. The average molecular weight is 792 g/mol. The fourth-order valence-electron chi connectivity index (χ4n) is 9.90. The molecule has 4 bridgehead atoms. The number of anilines is 1. The van der Waals surface area contributed by atoms with Gasteiger partial charge in [0, 0.05) is 42.8 Å². The van der Waals surface area contributed by atoms with Crippen molar-refractivity contribution < 1.29 is 23.9 Å². The number of guanidine groups is 1. The van der Waals surface area contributed by atoms with Crippen LogP contribution < -0.4 is 27.0 Å². The number of carbonyl (C=O) groups excluding carboxylic acids is 3. The quantitative estimate of drug-likeness (QED) is 0.0345. The number of nitrogens with one attached hydrogen (secondary N) is 4. The predicted molar refractivity (Wildman–Crippen MR) is 227 cm³/mol. The maximum Gasteiger partial charge on any atom is 0.350 e. The number of hydrogen-bond acceptors (Lipinski definition) is 10. The summed E-state index contributed by atoms with van der Waals surface area (Å²) in [7, 11) is 3.47. The fourth-order valence-corrected chi connectivity index (χ4v) is 9.90. The highest BCUT2D eigenvalue weighted by molar-refractivity contribution is 6.33. The molecule has 3 heterocycles. The molecular weight excluding hydrogens is 731 g/mol. The first-order valence-electron chi connectivity index (χ1n) is 21.2. The normalized spacial score (nSPS) is 30.4. The third-order valence-corrected chi connectivity index (χ3v) is 13.1. The van der Waals surface area contributed by atoms with Crippen molar-refractivity contribution in [3.8, 4) is 0 Å². The minimum absolute atomic E-state index is 0.0111. The molecule has 0 saturated carbocycles. The number of Topliss-reactive ketones (excluding diaryl/α,β-unsaturated/α-hetero) is 2. The monoisotopic (exact) mass is 791 g/mol. The first-order valence-corrected chi connectivity index (χ1v) is 21.2. The Balaban J connectivity index is 1.22. The number of nitrogens with zero attached hydrogens (tertiary/aromatic N) is 2. The summed E-state index contributed by atoms with van der Waals surface area (Å²) < 4.78 is 12.6. The molecule has 0 radical (unpaired) electrons. The summed E-state index contributed by atoms with van der Waals surface area (Å²) in [5, 5.41) is 13.2. The number of esters is 1. The number of benzene rings is 1. The Morgan fingerprint density at radius 3 is 2.76 bits per heavy atom. The number of allylic oxidation sites excluding steroid dienone is 3. The Morgan fingerprint density at radius 1 is 1.14 bits per heavy atom. The number of aromatic nitrogens is 1. The Hall–Kier alpha value is -4.65. The summed E-state index contributed by atoms with van der Waals surface area (Å²) in [5.41, 5.74) is 7.02. The van der Waals surface area contributed by atoms with Gasteiger partial charge in [0.25, 0.3) is 5.60 Å². The zero-order valence-corrected chi connectivity index (χ0v) is 34.7. The Kier molecular flexibility index (Phi) is 12.7. The predicted octanol–water partition coefficient (Wildman–Crippen LogP) is 5.97. The van der Waals surface area contributed by atoms with Crippen molar-refractivity contribution in [1.29, 1.82) is 0 Å². The van der Waals surface area contributed by atoms with Gasteiger partial charge in [-0.05, 0) is 99.2 Å². The number of pyridine rings is 1. The zero-order chi connectivity index (χ0) is 41.0. The second-order valence-electron chi connectivity index (χ2n) is 17.0. The molecule has 12 heteroatoms. The van der Waals surface area contributed by atoms with Gasteiger partial charge in [-0.3, -0.25) is 14.6 Å². The highest BCUT2D eigenvalue weighted by atomic mass is 16.7. The number of likely N-dealkylation sites (N-methyl/N-ethyl adjacent to an activating group) is 1. The second kappa shape index (κ2) is 17.7. The van der Waals surface area contributed by atoms with Gasteiger partial charge >= 0.3 is 5.97 Å². The van der Waals surface area contributed by atoms with Gasteiger partial charge in [-0.2, -0.15) is 0 Å². The average Bonchev–Trinajstić information content (AvgIpc) is 3.94. The highest BCUT2D eigenvalue weighted by Crippen LogP contribution is 2.59. The Bertz CT molecular complexity index is 2010. The standard InChI is InChI=1S/C46H61N7O5/c1-6-50-37-24-31-14-9-13-30-12-8-7-11-28(2)21-33-15-10-16-35-40(33)42(55)46(43(56)57-26-34(37)23-36(30)31)45(58-46,41(35)54)19-17-29(3)22-38(53-44(47)49-5)32-18-20-51-39(25-32)52-27-48-4/h9-10,14-18,20,24-25,28,30,34,36-38,48,50H,6-8,11-13,19,21-23,26-27H2,1-5H3,(H,51,52)(H3,47,49,53). The van der Waals surface area contributed by atoms with Crippen molar-refractivity contribution >= 4 is 29.3 Å². The van der Waals surface area contributed by atoms with Gasteiger partial charge in [0.2, 0.25) is 5.78 Å². The number of nitrogens with two attached hydrogens (primary N) is 1. The molecule has 6 N–H and O–H groups in total. The third kappa shape index (κ3) is 8.03. The van der Waals surface area contributed by atoms with Crippen LogP contribution >= 0.6 is 0 Å². The Morgan fingerprint density at radius 2 is 1.97 bits per heavy atom. The number of aliphatic imine (C=N–C) groups is 1. The minimum Gasteiger partial charge on any atom is -0.463 e. The largest absolute Gasteiger partial charge is 0.463 e. The van der Waals surface area contributed by atoms with Crippen molar-refractivity contribution in [2.24, 2.45) is 34.4 Å². The second-order valence-corrected chi connectivity index (χ2v) is 17.0. The molecule has 0 amide bonds. The molecule has 2 aromatic rings. The number of rotatable bonds is 11. The van der Waals surface area contributed by atoms with Crippen molar-refractivity contribution in [3.63, 3.8) is 0 Å². The van der Waals surface area contributed by atoms with E-state index in [-0.39, 0.29) is 48.7 Å². The zero-order valence-electron chi connectivity index (χ0n) is 34.7.